The number of hydrogen-bond donors (Lipinski definition) is 0. The Morgan fingerprint density at radius 1 is 0.459 bits per heavy atom. The molecule has 0 bridgehead atoms. The van der Waals surface area contributed by atoms with E-state index in [4.69, 9.17) is 0 Å². The summed E-state index contributed by atoms with van der Waals surface area (Å²) in [5, 5.41) is 2.61. The second kappa shape index (κ2) is 17.7. The predicted octanol–water partition coefficient (Wildman–Crippen LogP) is 13.3. The largest absolute Gasteiger partial charge is 0.347 e. The molecule has 0 N–H and O–H groups in total. The van der Waals surface area contributed by atoms with Crippen LogP contribution in [0.4, 0.5) is 11.4 Å². The first kappa shape index (κ1) is 39.4. The van der Waals surface area contributed by atoms with E-state index in [2.05, 4.69) is 260 Å². The molecule has 0 unspecified atom stereocenters. The number of benzene rings is 7. The van der Waals surface area contributed by atoms with E-state index in [0.29, 0.717) is 0 Å². The highest BCUT2D eigenvalue weighted by Gasteiger charge is 2.51. The van der Waals surface area contributed by atoms with Gasteiger partial charge in [0.25, 0.3) is 0 Å². The lowest BCUT2D eigenvalue weighted by Gasteiger charge is -2.33. The Hall–Kier alpha value is -7.03. The first-order valence-electron chi connectivity index (χ1n) is 21.6. The summed E-state index contributed by atoms with van der Waals surface area (Å²) in [5.41, 5.74) is 12.8. The zero-order chi connectivity index (χ0) is 41.5. The van der Waals surface area contributed by atoms with Crippen molar-refractivity contribution in [3.05, 3.63) is 276 Å². The van der Waals surface area contributed by atoms with E-state index in [1.807, 2.05) is 0 Å². The Balaban J connectivity index is 1.01. The fourth-order valence-corrected chi connectivity index (χ4v) is 10.2. The van der Waals surface area contributed by atoms with Crippen molar-refractivity contribution >= 4 is 27.9 Å². The van der Waals surface area contributed by atoms with Crippen molar-refractivity contribution in [1.29, 1.82) is 0 Å². The Kier molecular flexibility index (Phi) is 11.4. The van der Waals surface area contributed by atoms with Gasteiger partial charge in [0.15, 0.2) is 5.71 Å². The van der Waals surface area contributed by atoms with Gasteiger partial charge in [-0.2, -0.15) is 4.58 Å². The van der Waals surface area contributed by atoms with Gasteiger partial charge >= 0.3 is 0 Å². The first-order valence-corrected chi connectivity index (χ1v) is 21.6. The van der Waals surface area contributed by atoms with Gasteiger partial charge in [0.05, 0.1) is 5.41 Å². The topological polar surface area (TPSA) is 6.25 Å². The van der Waals surface area contributed by atoms with Crippen LogP contribution < -0.4 is 4.90 Å². The molecule has 2 heteroatoms. The van der Waals surface area contributed by atoms with E-state index >= 15 is 0 Å². The van der Waals surface area contributed by atoms with E-state index in [-0.39, 0.29) is 10.8 Å². The summed E-state index contributed by atoms with van der Waals surface area (Å²) in [7, 11) is 4.46. The normalized spacial score (nSPS) is 16.2. The molecule has 0 saturated carbocycles. The third-order valence-corrected chi connectivity index (χ3v) is 12.8. The Bertz CT molecular complexity index is 2720. The minimum Gasteiger partial charge on any atom is -0.347 e. The van der Waals surface area contributed by atoms with Crippen molar-refractivity contribution < 1.29 is 4.58 Å². The second-order valence-corrected chi connectivity index (χ2v) is 16.6. The summed E-state index contributed by atoms with van der Waals surface area (Å²) in [6, 6.07) is 66.3. The quantitative estimate of drug-likeness (QED) is 0.0833. The lowest BCUT2D eigenvalue weighted by atomic mass is 9.68. The van der Waals surface area contributed by atoms with Crippen molar-refractivity contribution in [3.8, 4) is 0 Å². The fraction of sp³-hybridized carbons (Fsp3) is 0.136. The number of allylic oxidation sites excluding steroid dienone is 10. The maximum atomic E-state index is 2.43. The molecule has 0 spiro atoms. The number of fused-ring (bicyclic) bond motifs is 4. The molecule has 0 fully saturated rings. The van der Waals surface area contributed by atoms with E-state index in [1.54, 1.807) is 0 Å². The second-order valence-electron chi connectivity index (χ2n) is 16.6. The third kappa shape index (κ3) is 7.90. The molecular weight excluding hydrogens is 737 g/mol. The summed E-state index contributed by atoms with van der Waals surface area (Å²) in [5.74, 6) is 0. The van der Waals surface area contributed by atoms with Crippen molar-refractivity contribution in [1.82, 2.24) is 0 Å². The molecular formula is C59H53N2+. The molecule has 2 aliphatic rings. The Morgan fingerprint density at radius 2 is 0.918 bits per heavy atom. The maximum absolute atomic E-state index is 2.43. The predicted molar refractivity (Wildman–Crippen MR) is 258 cm³/mol. The van der Waals surface area contributed by atoms with Gasteiger partial charge in [-0.25, -0.2) is 0 Å². The van der Waals surface area contributed by atoms with E-state index in [0.717, 1.165) is 25.7 Å². The summed E-state index contributed by atoms with van der Waals surface area (Å²) >= 11 is 0. The molecule has 9 rings (SSSR count). The zero-order valence-corrected chi connectivity index (χ0v) is 35.2. The van der Waals surface area contributed by atoms with Crippen molar-refractivity contribution in [2.75, 3.05) is 19.0 Å². The molecule has 7 aromatic rings. The summed E-state index contributed by atoms with van der Waals surface area (Å²) in [6.07, 6.45) is 23.4. The van der Waals surface area contributed by atoms with Gasteiger partial charge in [-0.1, -0.05) is 206 Å². The molecule has 0 aliphatic carbocycles. The van der Waals surface area contributed by atoms with Crippen LogP contribution in [0.1, 0.15) is 33.4 Å². The smallest absolute Gasteiger partial charge is 0.210 e. The highest BCUT2D eigenvalue weighted by atomic mass is 15.2. The number of rotatable bonds is 13. The standard InChI is InChI=1S/C59H53N2/c1-60-53-37-25-24-36-52(53)58(42-46-26-12-8-13-27-46,43-47-28-14-9-15-29-47)55(60)38-20-6-4-3-5-7-21-39-56-59(44-48-30-16-10-17-31-48,45-49-32-18-11-19-33-49)57-51-35-23-22-34-50(51)40-41-54(57)61(56)2/h3-41H,42-45H2,1-2H3/q+1. The van der Waals surface area contributed by atoms with Crippen LogP contribution in [0.25, 0.3) is 10.8 Å². The summed E-state index contributed by atoms with van der Waals surface area (Å²) in [4.78, 5) is 2.40. The SMILES string of the molecule is CN1C(=CC=C\C=C/C=C\C=C\C2=[N+](C)c3ccc4ccccc4c3C2(Cc2ccccc2)Cc2ccccc2)C(Cc2ccccc2)(Cc2ccccc2)c2ccccc21. The number of para-hydroxylation sites is 1. The number of nitrogens with zero attached hydrogens (tertiary/aromatic N) is 2. The van der Waals surface area contributed by atoms with Crippen LogP contribution in [-0.4, -0.2) is 24.4 Å². The van der Waals surface area contributed by atoms with Gasteiger partial charge in [-0.3, -0.25) is 0 Å². The molecule has 0 aromatic heterocycles. The van der Waals surface area contributed by atoms with Crippen molar-refractivity contribution in [2.24, 2.45) is 0 Å². The van der Waals surface area contributed by atoms with Gasteiger partial charge < -0.3 is 4.90 Å². The maximum Gasteiger partial charge on any atom is 0.210 e. The van der Waals surface area contributed by atoms with Crippen molar-refractivity contribution in [3.63, 3.8) is 0 Å². The zero-order valence-electron chi connectivity index (χ0n) is 35.2. The summed E-state index contributed by atoms with van der Waals surface area (Å²) < 4.78 is 2.43. The minimum atomic E-state index is -0.270. The molecule has 2 nitrogen and oxygen atoms in total. The molecule has 0 radical (unpaired) electrons. The van der Waals surface area contributed by atoms with E-state index < -0.39 is 0 Å². The molecule has 7 aromatic carbocycles. The van der Waals surface area contributed by atoms with Crippen molar-refractivity contribution in [2.45, 2.75) is 36.5 Å². The molecule has 61 heavy (non-hydrogen) atoms. The van der Waals surface area contributed by atoms with Crippen LogP contribution in [0.15, 0.2) is 242 Å². The molecule has 0 atom stereocenters. The number of anilines is 1. The average molecular weight is 790 g/mol. The van der Waals surface area contributed by atoms with Gasteiger partial charge in [0.1, 0.15) is 7.05 Å². The Morgan fingerprint density at radius 3 is 1.49 bits per heavy atom. The summed E-state index contributed by atoms with van der Waals surface area (Å²) in [6.45, 7) is 0. The van der Waals surface area contributed by atoms with Crippen LogP contribution in [0, 0.1) is 0 Å². The third-order valence-electron chi connectivity index (χ3n) is 12.8. The van der Waals surface area contributed by atoms with Gasteiger partial charge in [0.2, 0.25) is 5.69 Å². The van der Waals surface area contributed by atoms with Crippen LogP contribution in [0.2, 0.25) is 0 Å². The minimum absolute atomic E-state index is 0.208. The van der Waals surface area contributed by atoms with Gasteiger partial charge in [-0.15, -0.1) is 0 Å². The molecule has 2 aliphatic heterocycles. The molecule has 0 amide bonds. The van der Waals surface area contributed by atoms with E-state index in [9.17, 15) is 0 Å². The average Bonchev–Trinajstić information content (AvgIpc) is 3.66. The first-order chi connectivity index (χ1) is 30.1. The number of hydrogen-bond acceptors (Lipinski definition) is 1. The monoisotopic (exact) mass is 789 g/mol. The molecule has 298 valence electrons. The molecule has 0 saturated heterocycles. The van der Waals surface area contributed by atoms with E-state index in [1.165, 1.54) is 66.9 Å². The lowest BCUT2D eigenvalue weighted by Crippen LogP contribution is -2.39. The van der Waals surface area contributed by atoms with Crippen LogP contribution in [0.5, 0.6) is 0 Å². The highest BCUT2D eigenvalue weighted by Crippen LogP contribution is 2.51. The highest BCUT2D eigenvalue weighted by molar-refractivity contribution is 6.08. The van der Waals surface area contributed by atoms with Gasteiger partial charge in [0, 0.05) is 41.6 Å². The fourth-order valence-electron chi connectivity index (χ4n) is 10.2. The van der Waals surface area contributed by atoms with Crippen LogP contribution >= 0.6 is 0 Å². The number of likely N-dealkylation sites (N-methyl/N-ethyl adjacent to an activating group) is 1. The van der Waals surface area contributed by atoms with Gasteiger partial charge in [-0.05, 0) is 82.5 Å². The Labute approximate surface area is 362 Å². The van der Waals surface area contributed by atoms with Crippen LogP contribution in [-0.2, 0) is 36.5 Å². The lowest BCUT2D eigenvalue weighted by molar-refractivity contribution is -0.401. The molecule has 2 heterocycles. The van der Waals surface area contributed by atoms with Crippen LogP contribution in [0.3, 0.4) is 0 Å².